The second-order valence-corrected chi connectivity index (χ2v) is 3.95. The summed E-state index contributed by atoms with van der Waals surface area (Å²) >= 11 is 3.37. The van der Waals surface area contributed by atoms with Crippen molar-refractivity contribution >= 4 is 20.6 Å². The highest BCUT2D eigenvalue weighted by molar-refractivity contribution is 9.18. The van der Waals surface area contributed by atoms with Crippen LogP contribution in [0, 0.1) is 5.92 Å². The Kier molecular flexibility index (Phi) is 2.36. The molecule has 0 spiro atoms. The number of hydrogen-bond acceptors (Lipinski definition) is 2. The highest BCUT2D eigenvalue weighted by Gasteiger charge is 2.29. The minimum absolute atomic E-state index is 0.0653. The van der Waals surface area contributed by atoms with Crippen molar-refractivity contribution < 1.29 is 4.84 Å². The lowest BCUT2D eigenvalue weighted by atomic mass is 9.99. The van der Waals surface area contributed by atoms with Gasteiger partial charge in [-0.25, -0.2) is 0 Å². The molecule has 2 rings (SSSR count). The van der Waals surface area contributed by atoms with Gasteiger partial charge >= 0.3 is 0 Å². The van der Waals surface area contributed by atoms with Crippen LogP contribution >= 0.6 is 15.9 Å². The Balaban J connectivity index is 2.22. The minimum atomic E-state index is 0.0653. The molecule has 0 N–H and O–H groups in total. The fourth-order valence-corrected chi connectivity index (χ4v) is 1.72. The van der Waals surface area contributed by atoms with E-state index in [1.165, 1.54) is 5.56 Å². The molecule has 0 aliphatic carbocycles. The van der Waals surface area contributed by atoms with Gasteiger partial charge in [-0.15, -0.1) is 0 Å². The molecule has 2 atom stereocenters. The average molecular weight is 240 g/mol. The van der Waals surface area contributed by atoms with E-state index in [9.17, 15) is 0 Å². The van der Waals surface area contributed by atoms with E-state index in [4.69, 9.17) is 4.84 Å². The maximum atomic E-state index is 5.30. The zero-order chi connectivity index (χ0) is 9.26. The molecule has 1 aromatic rings. The fraction of sp³-hybridized carbons (Fsp3) is 0.300. The van der Waals surface area contributed by atoms with Crippen LogP contribution in [0.5, 0.6) is 0 Å². The van der Waals surface area contributed by atoms with Gasteiger partial charge in [0, 0.05) is 0 Å². The molecule has 0 saturated heterocycles. The summed E-state index contributed by atoms with van der Waals surface area (Å²) in [6.45, 7) is 2.10. The van der Waals surface area contributed by atoms with Crippen molar-refractivity contribution in [3.63, 3.8) is 0 Å². The predicted octanol–water partition coefficient (Wildman–Crippen LogP) is 3.10. The molecule has 0 fully saturated rings. The van der Waals surface area contributed by atoms with E-state index in [-0.39, 0.29) is 6.10 Å². The molecule has 1 aliphatic rings. The summed E-state index contributed by atoms with van der Waals surface area (Å²) in [7, 11) is 0. The molecule has 1 heterocycles. The van der Waals surface area contributed by atoms with Crippen molar-refractivity contribution in [1.82, 2.24) is 0 Å². The van der Waals surface area contributed by atoms with Crippen LogP contribution in [0.25, 0.3) is 0 Å². The minimum Gasteiger partial charge on any atom is -0.386 e. The standard InChI is InChI=1S/C10H10BrNO/c1-7-9(13-12-10(7)11)8-5-3-2-4-6-8/h2-7,9H,1H3/t7-,9+/m0/s1. The molecule has 13 heavy (non-hydrogen) atoms. The Labute approximate surface area is 85.7 Å². The zero-order valence-corrected chi connectivity index (χ0v) is 8.86. The molecule has 0 unspecified atom stereocenters. The Morgan fingerprint density at radius 3 is 2.54 bits per heavy atom. The lowest BCUT2D eigenvalue weighted by molar-refractivity contribution is 0.0653. The molecule has 0 bridgehead atoms. The summed E-state index contributed by atoms with van der Waals surface area (Å²) in [6.07, 6.45) is 0.0653. The summed E-state index contributed by atoms with van der Waals surface area (Å²) in [5.41, 5.74) is 1.17. The SMILES string of the molecule is C[C@@H]1C(Br)=NO[C@H]1c1ccccc1. The van der Waals surface area contributed by atoms with Gasteiger partial charge in [0.05, 0.1) is 5.92 Å². The Hall–Kier alpha value is -0.830. The maximum Gasteiger partial charge on any atom is 0.161 e. The number of oxime groups is 1. The molecule has 2 nitrogen and oxygen atoms in total. The Morgan fingerprint density at radius 2 is 2.00 bits per heavy atom. The third kappa shape index (κ3) is 1.61. The van der Waals surface area contributed by atoms with E-state index in [0.717, 1.165) is 4.62 Å². The van der Waals surface area contributed by atoms with E-state index in [2.05, 4.69) is 40.1 Å². The van der Waals surface area contributed by atoms with Crippen LogP contribution in [0.1, 0.15) is 18.6 Å². The predicted molar refractivity (Wildman–Crippen MR) is 55.8 cm³/mol. The molecule has 0 aromatic heterocycles. The monoisotopic (exact) mass is 239 g/mol. The number of rotatable bonds is 1. The quantitative estimate of drug-likeness (QED) is 0.739. The van der Waals surface area contributed by atoms with E-state index in [1.807, 2.05) is 18.2 Å². The average Bonchev–Trinajstić information content (AvgIpc) is 2.49. The fourth-order valence-electron chi connectivity index (χ4n) is 1.40. The summed E-state index contributed by atoms with van der Waals surface area (Å²) in [5, 5.41) is 3.91. The molecule has 3 heteroatoms. The van der Waals surface area contributed by atoms with Crippen molar-refractivity contribution in [2.45, 2.75) is 13.0 Å². The van der Waals surface area contributed by atoms with Gasteiger partial charge in [-0.05, 0) is 21.5 Å². The van der Waals surface area contributed by atoms with Crippen molar-refractivity contribution in [3.05, 3.63) is 35.9 Å². The van der Waals surface area contributed by atoms with Gasteiger partial charge in [-0.3, -0.25) is 0 Å². The number of benzene rings is 1. The van der Waals surface area contributed by atoms with E-state index in [0.29, 0.717) is 5.92 Å². The van der Waals surface area contributed by atoms with Gasteiger partial charge in [-0.2, -0.15) is 0 Å². The van der Waals surface area contributed by atoms with Gasteiger partial charge in [0.2, 0.25) is 0 Å². The van der Waals surface area contributed by atoms with Crippen LogP contribution in [0.15, 0.2) is 35.5 Å². The topological polar surface area (TPSA) is 21.6 Å². The van der Waals surface area contributed by atoms with Gasteiger partial charge in [0.15, 0.2) is 6.10 Å². The van der Waals surface area contributed by atoms with E-state index in [1.54, 1.807) is 0 Å². The first kappa shape index (κ1) is 8.75. The van der Waals surface area contributed by atoms with Crippen LogP contribution < -0.4 is 0 Å². The molecule has 1 aliphatic heterocycles. The summed E-state index contributed by atoms with van der Waals surface area (Å²) in [6, 6.07) is 10.1. The lowest BCUT2D eigenvalue weighted by Crippen LogP contribution is -2.09. The number of nitrogens with zero attached hydrogens (tertiary/aromatic N) is 1. The normalized spacial score (nSPS) is 26.8. The van der Waals surface area contributed by atoms with Gasteiger partial charge in [0.1, 0.15) is 4.62 Å². The van der Waals surface area contributed by atoms with Gasteiger partial charge in [-0.1, -0.05) is 42.4 Å². The van der Waals surface area contributed by atoms with Crippen LogP contribution in [0.3, 0.4) is 0 Å². The van der Waals surface area contributed by atoms with Crippen LogP contribution in [-0.4, -0.2) is 4.62 Å². The van der Waals surface area contributed by atoms with E-state index < -0.39 is 0 Å². The molecule has 0 amide bonds. The summed E-state index contributed by atoms with van der Waals surface area (Å²) in [4.78, 5) is 5.30. The van der Waals surface area contributed by atoms with Crippen LogP contribution in [0.2, 0.25) is 0 Å². The first-order chi connectivity index (χ1) is 6.29. The second kappa shape index (κ2) is 3.50. The molecule has 68 valence electrons. The summed E-state index contributed by atoms with van der Waals surface area (Å²) in [5.74, 6) is 0.308. The smallest absolute Gasteiger partial charge is 0.161 e. The Bertz CT molecular complexity index is 323. The number of hydrogen-bond donors (Lipinski definition) is 0. The van der Waals surface area contributed by atoms with Crippen molar-refractivity contribution in [2.24, 2.45) is 11.1 Å². The highest BCUT2D eigenvalue weighted by atomic mass is 79.9. The second-order valence-electron chi connectivity index (χ2n) is 3.14. The van der Waals surface area contributed by atoms with Crippen LogP contribution in [0.4, 0.5) is 0 Å². The first-order valence-electron chi connectivity index (χ1n) is 4.23. The third-order valence-corrected chi connectivity index (χ3v) is 3.08. The first-order valence-corrected chi connectivity index (χ1v) is 5.02. The summed E-state index contributed by atoms with van der Waals surface area (Å²) < 4.78 is 0.890. The molecular weight excluding hydrogens is 230 g/mol. The van der Waals surface area contributed by atoms with E-state index >= 15 is 0 Å². The number of halogens is 1. The van der Waals surface area contributed by atoms with Gasteiger partial charge < -0.3 is 4.84 Å². The largest absolute Gasteiger partial charge is 0.386 e. The Morgan fingerprint density at radius 1 is 1.31 bits per heavy atom. The zero-order valence-electron chi connectivity index (χ0n) is 7.27. The maximum absolute atomic E-state index is 5.30. The van der Waals surface area contributed by atoms with Crippen LogP contribution in [-0.2, 0) is 4.84 Å². The molecule has 1 aromatic carbocycles. The van der Waals surface area contributed by atoms with Crippen molar-refractivity contribution in [3.8, 4) is 0 Å². The third-order valence-electron chi connectivity index (χ3n) is 2.21. The lowest BCUT2D eigenvalue weighted by Gasteiger charge is -2.12. The molecular formula is C10H10BrNO. The van der Waals surface area contributed by atoms with Crippen molar-refractivity contribution in [2.75, 3.05) is 0 Å². The highest BCUT2D eigenvalue weighted by Crippen LogP contribution is 2.33. The molecule has 0 saturated carbocycles. The van der Waals surface area contributed by atoms with Crippen molar-refractivity contribution in [1.29, 1.82) is 0 Å². The van der Waals surface area contributed by atoms with Gasteiger partial charge in [0.25, 0.3) is 0 Å². The molecule has 0 radical (unpaired) electrons.